The minimum Gasteiger partial charge on any atom is -0.342 e. The van der Waals surface area contributed by atoms with Gasteiger partial charge in [-0.3, -0.25) is 19.7 Å². The Morgan fingerprint density at radius 1 is 1.13 bits per heavy atom. The van der Waals surface area contributed by atoms with Crippen molar-refractivity contribution >= 4 is 16.8 Å². The highest BCUT2D eigenvalue weighted by Gasteiger charge is 2.43. The average Bonchev–Trinajstić information content (AvgIpc) is 2.83. The zero-order chi connectivity index (χ0) is 20.5. The fourth-order valence-electron chi connectivity index (χ4n) is 5.21. The van der Waals surface area contributed by atoms with E-state index in [1.165, 1.54) is 6.42 Å². The molecule has 1 N–H and O–H groups in total. The summed E-state index contributed by atoms with van der Waals surface area (Å²) in [4.78, 5) is 24.4. The van der Waals surface area contributed by atoms with E-state index in [4.69, 9.17) is 0 Å². The molecular formula is C25H26N4O. The lowest BCUT2D eigenvalue weighted by molar-refractivity contribution is 0.00167. The average molecular weight is 399 g/mol. The van der Waals surface area contributed by atoms with Crippen molar-refractivity contribution in [3.8, 4) is 0 Å². The lowest BCUT2D eigenvalue weighted by Crippen LogP contribution is -2.57. The zero-order valence-corrected chi connectivity index (χ0v) is 16.9. The van der Waals surface area contributed by atoms with Crippen LogP contribution in [0.1, 0.15) is 34.9 Å². The molecule has 2 aromatic heterocycles. The molecule has 5 atom stereocenters. The number of piperidine rings is 3. The van der Waals surface area contributed by atoms with Crippen molar-refractivity contribution in [1.29, 1.82) is 0 Å². The molecule has 1 amide bonds. The number of aromatic nitrogens is 2. The van der Waals surface area contributed by atoms with Crippen molar-refractivity contribution < 1.29 is 4.79 Å². The molecule has 0 aliphatic carbocycles. The van der Waals surface area contributed by atoms with Gasteiger partial charge in [0, 0.05) is 30.4 Å². The quantitative estimate of drug-likeness (QED) is 0.660. The minimum absolute atomic E-state index is 0.124. The van der Waals surface area contributed by atoms with E-state index < -0.39 is 0 Å². The number of fused-ring (bicyclic) bond motifs is 4. The Hall–Kier alpha value is -3.05. The molecule has 30 heavy (non-hydrogen) atoms. The SMILES string of the molecule is C=C[C@H]1CN2CCC1C[C@@H]2[C@H](NC(=O)c1ccccn1)c1ccnc2ccccc12. The van der Waals surface area contributed by atoms with Gasteiger partial charge in [-0.15, -0.1) is 6.58 Å². The topological polar surface area (TPSA) is 58.1 Å². The number of rotatable bonds is 5. The summed E-state index contributed by atoms with van der Waals surface area (Å²) in [6, 6.07) is 15.8. The number of hydrogen-bond acceptors (Lipinski definition) is 4. The van der Waals surface area contributed by atoms with Crippen LogP contribution in [0.5, 0.6) is 0 Å². The van der Waals surface area contributed by atoms with Gasteiger partial charge in [0.15, 0.2) is 0 Å². The maximum absolute atomic E-state index is 13.1. The monoisotopic (exact) mass is 398 g/mol. The van der Waals surface area contributed by atoms with Gasteiger partial charge >= 0.3 is 0 Å². The summed E-state index contributed by atoms with van der Waals surface area (Å²) in [7, 11) is 0. The molecule has 3 aliphatic heterocycles. The number of benzene rings is 1. The first-order chi connectivity index (χ1) is 14.7. The Morgan fingerprint density at radius 2 is 2.00 bits per heavy atom. The molecule has 3 fully saturated rings. The molecule has 3 saturated heterocycles. The summed E-state index contributed by atoms with van der Waals surface area (Å²) in [6.45, 7) is 6.13. The second-order valence-electron chi connectivity index (χ2n) is 8.33. The third-order valence-electron chi connectivity index (χ3n) is 6.74. The summed E-state index contributed by atoms with van der Waals surface area (Å²) < 4.78 is 0. The second kappa shape index (κ2) is 8.00. The summed E-state index contributed by atoms with van der Waals surface area (Å²) in [5.41, 5.74) is 2.52. The molecule has 0 radical (unpaired) electrons. The molecule has 152 valence electrons. The molecule has 0 saturated carbocycles. The maximum atomic E-state index is 13.1. The highest BCUT2D eigenvalue weighted by atomic mass is 16.2. The first-order valence-electron chi connectivity index (χ1n) is 10.7. The van der Waals surface area contributed by atoms with Gasteiger partial charge in [-0.05, 0) is 61.1 Å². The number of amides is 1. The molecule has 0 spiro atoms. The number of para-hydroxylation sites is 1. The fraction of sp³-hybridized carbons (Fsp3) is 0.320. The van der Waals surface area contributed by atoms with E-state index in [2.05, 4.69) is 45.0 Å². The molecule has 2 unspecified atom stereocenters. The highest BCUT2D eigenvalue weighted by molar-refractivity contribution is 5.93. The Bertz CT molecular complexity index is 1060. The standard InChI is InChI=1S/C25H26N4O/c1-2-17-16-29-14-11-18(17)15-23(29)24(28-25(30)22-9-5-6-12-26-22)20-10-13-27-21-8-4-3-7-19(20)21/h2-10,12-13,17-18,23-24H,1,11,14-16H2,(H,28,30)/t17-,18?,23+,24+/m0/s1. The lowest BCUT2D eigenvalue weighted by atomic mass is 9.73. The van der Waals surface area contributed by atoms with Crippen LogP contribution < -0.4 is 5.32 Å². The molecule has 3 aliphatic rings. The van der Waals surface area contributed by atoms with E-state index in [0.717, 1.165) is 36.0 Å². The largest absolute Gasteiger partial charge is 0.342 e. The molecule has 6 rings (SSSR count). The number of carbonyl (C=O) groups is 1. The van der Waals surface area contributed by atoms with Gasteiger partial charge in [0.1, 0.15) is 5.69 Å². The Morgan fingerprint density at radius 3 is 2.77 bits per heavy atom. The number of pyridine rings is 2. The zero-order valence-electron chi connectivity index (χ0n) is 16.9. The molecule has 5 heterocycles. The maximum Gasteiger partial charge on any atom is 0.270 e. The molecule has 1 aromatic carbocycles. The number of nitrogens with one attached hydrogen (secondary N) is 1. The van der Waals surface area contributed by atoms with Gasteiger partial charge in [0.25, 0.3) is 5.91 Å². The van der Waals surface area contributed by atoms with E-state index in [9.17, 15) is 4.79 Å². The number of hydrogen-bond donors (Lipinski definition) is 1. The number of nitrogens with zero attached hydrogens (tertiary/aromatic N) is 3. The van der Waals surface area contributed by atoms with Gasteiger partial charge in [0.2, 0.25) is 0 Å². The van der Waals surface area contributed by atoms with Crippen LogP contribution in [0.3, 0.4) is 0 Å². The Kier molecular flexibility index (Phi) is 5.05. The van der Waals surface area contributed by atoms with Gasteiger partial charge in [-0.1, -0.05) is 30.3 Å². The highest BCUT2D eigenvalue weighted by Crippen LogP contribution is 2.42. The summed E-state index contributed by atoms with van der Waals surface area (Å²) in [5.74, 6) is 1.03. The van der Waals surface area contributed by atoms with Crippen molar-refractivity contribution in [2.75, 3.05) is 13.1 Å². The van der Waals surface area contributed by atoms with Gasteiger partial charge in [-0.25, -0.2) is 0 Å². The second-order valence-corrected chi connectivity index (χ2v) is 8.33. The third-order valence-corrected chi connectivity index (χ3v) is 6.74. The first kappa shape index (κ1) is 18.9. The minimum atomic E-state index is -0.135. The predicted molar refractivity (Wildman–Crippen MR) is 118 cm³/mol. The molecule has 5 nitrogen and oxygen atoms in total. The van der Waals surface area contributed by atoms with Crippen LogP contribution in [0.2, 0.25) is 0 Å². The van der Waals surface area contributed by atoms with E-state index in [0.29, 0.717) is 17.5 Å². The van der Waals surface area contributed by atoms with Crippen molar-refractivity contribution in [3.05, 3.63) is 84.8 Å². The van der Waals surface area contributed by atoms with Crippen molar-refractivity contribution in [2.45, 2.75) is 24.9 Å². The first-order valence-corrected chi connectivity index (χ1v) is 10.7. The van der Waals surface area contributed by atoms with Crippen molar-refractivity contribution in [1.82, 2.24) is 20.2 Å². The Balaban J connectivity index is 1.54. The summed E-state index contributed by atoms with van der Waals surface area (Å²) in [6.07, 6.45) is 7.87. The van der Waals surface area contributed by atoms with Gasteiger partial charge < -0.3 is 5.32 Å². The van der Waals surface area contributed by atoms with Crippen molar-refractivity contribution in [2.24, 2.45) is 11.8 Å². The Labute approximate surface area is 176 Å². The van der Waals surface area contributed by atoms with E-state index >= 15 is 0 Å². The fourth-order valence-corrected chi connectivity index (χ4v) is 5.21. The normalized spacial score (nSPS) is 26.3. The number of carbonyl (C=O) groups excluding carboxylic acids is 1. The van der Waals surface area contributed by atoms with Gasteiger partial charge in [-0.2, -0.15) is 0 Å². The van der Waals surface area contributed by atoms with Crippen LogP contribution in [-0.2, 0) is 0 Å². The van der Waals surface area contributed by atoms with Crippen LogP contribution in [0.25, 0.3) is 10.9 Å². The molecule has 3 aromatic rings. The van der Waals surface area contributed by atoms with Gasteiger partial charge in [0.05, 0.1) is 11.6 Å². The van der Waals surface area contributed by atoms with E-state index in [1.807, 2.05) is 36.5 Å². The third kappa shape index (κ3) is 3.39. The van der Waals surface area contributed by atoms with E-state index in [-0.39, 0.29) is 18.0 Å². The molecule has 5 heteroatoms. The van der Waals surface area contributed by atoms with Crippen molar-refractivity contribution in [3.63, 3.8) is 0 Å². The van der Waals surface area contributed by atoms with Crippen LogP contribution >= 0.6 is 0 Å². The van der Waals surface area contributed by atoms with Crippen LogP contribution in [0.4, 0.5) is 0 Å². The predicted octanol–water partition coefficient (Wildman–Crippen LogP) is 4.00. The van der Waals surface area contributed by atoms with Crippen LogP contribution in [0.15, 0.2) is 73.6 Å². The van der Waals surface area contributed by atoms with Crippen LogP contribution in [0, 0.1) is 11.8 Å². The van der Waals surface area contributed by atoms with Crippen LogP contribution in [-0.4, -0.2) is 39.9 Å². The van der Waals surface area contributed by atoms with E-state index in [1.54, 1.807) is 12.3 Å². The molecule has 2 bridgehead atoms. The molecular weight excluding hydrogens is 372 g/mol. The summed E-state index contributed by atoms with van der Waals surface area (Å²) in [5, 5.41) is 4.42. The smallest absolute Gasteiger partial charge is 0.270 e. The lowest BCUT2D eigenvalue weighted by Gasteiger charge is -2.51. The summed E-state index contributed by atoms with van der Waals surface area (Å²) >= 11 is 0.